The Hall–Kier alpha value is -1.92. The standard InChI is InChI=1S/C14H15N5S/c1-15-7-3-6-12-18-19-14(20-12)10-4-2-5-11-13(10)17-9-8-16-11/h2,4-5,8-9,15H,3,6-7H2,1H3. The lowest BCUT2D eigenvalue weighted by Gasteiger charge is -2.00. The van der Waals surface area contributed by atoms with E-state index in [1.165, 1.54) is 0 Å². The van der Waals surface area contributed by atoms with Crippen LogP contribution in [-0.2, 0) is 6.42 Å². The molecular weight excluding hydrogens is 270 g/mol. The minimum Gasteiger partial charge on any atom is -0.320 e. The quantitative estimate of drug-likeness (QED) is 0.729. The molecule has 0 aliphatic heterocycles. The van der Waals surface area contributed by atoms with E-state index in [0.29, 0.717) is 0 Å². The molecule has 0 aliphatic rings. The van der Waals surface area contributed by atoms with E-state index in [1.54, 1.807) is 23.7 Å². The third-order valence-electron chi connectivity index (χ3n) is 3.01. The summed E-state index contributed by atoms with van der Waals surface area (Å²) in [7, 11) is 1.96. The molecule has 0 unspecified atom stereocenters. The van der Waals surface area contributed by atoms with E-state index < -0.39 is 0 Å². The molecule has 0 fully saturated rings. The van der Waals surface area contributed by atoms with E-state index in [9.17, 15) is 0 Å². The summed E-state index contributed by atoms with van der Waals surface area (Å²) in [6.07, 6.45) is 5.44. The topological polar surface area (TPSA) is 63.6 Å². The predicted octanol–water partition coefficient (Wildman–Crippen LogP) is 2.30. The fourth-order valence-electron chi connectivity index (χ4n) is 2.05. The summed E-state index contributed by atoms with van der Waals surface area (Å²) >= 11 is 1.63. The Balaban J connectivity index is 1.91. The van der Waals surface area contributed by atoms with Gasteiger partial charge < -0.3 is 5.32 Å². The summed E-state index contributed by atoms with van der Waals surface area (Å²) in [5.74, 6) is 0. The number of rotatable bonds is 5. The number of aromatic nitrogens is 4. The van der Waals surface area contributed by atoms with E-state index in [4.69, 9.17) is 0 Å². The maximum absolute atomic E-state index is 4.41. The van der Waals surface area contributed by atoms with Crippen LogP contribution < -0.4 is 5.32 Å². The van der Waals surface area contributed by atoms with E-state index in [0.717, 1.165) is 46.0 Å². The van der Waals surface area contributed by atoms with Crippen molar-refractivity contribution >= 4 is 22.4 Å². The van der Waals surface area contributed by atoms with Gasteiger partial charge in [0, 0.05) is 24.4 Å². The van der Waals surface area contributed by atoms with E-state index >= 15 is 0 Å². The normalized spacial score (nSPS) is 11.1. The molecule has 1 N–H and O–H groups in total. The lowest BCUT2D eigenvalue weighted by atomic mass is 10.2. The fraction of sp³-hybridized carbons (Fsp3) is 0.286. The van der Waals surface area contributed by atoms with Crippen molar-refractivity contribution < 1.29 is 0 Å². The Kier molecular flexibility index (Phi) is 3.94. The summed E-state index contributed by atoms with van der Waals surface area (Å²) in [6, 6.07) is 5.96. The minimum absolute atomic E-state index is 0.882. The smallest absolute Gasteiger partial charge is 0.150 e. The van der Waals surface area contributed by atoms with E-state index in [-0.39, 0.29) is 0 Å². The molecule has 0 aliphatic carbocycles. The Morgan fingerprint density at radius 3 is 2.95 bits per heavy atom. The van der Waals surface area contributed by atoms with Crippen molar-refractivity contribution in [3.63, 3.8) is 0 Å². The average molecular weight is 285 g/mol. The number of benzene rings is 1. The molecule has 0 atom stereocenters. The molecule has 0 spiro atoms. The number of para-hydroxylation sites is 1. The van der Waals surface area contributed by atoms with Crippen LogP contribution in [0.4, 0.5) is 0 Å². The second-order valence-electron chi connectivity index (χ2n) is 4.44. The van der Waals surface area contributed by atoms with Gasteiger partial charge in [0.2, 0.25) is 0 Å². The van der Waals surface area contributed by atoms with Crippen LogP contribution in [0, 0.1) is 0 Å². The van der Waals surface area contributed by atoms with Crippen molar-refractivity contribution in [2.75, 3.05) is 13.6 Å². The fourth-order valence-corrected chi connectivity index (χ4v) is 2.95. The first-order chi connectivity index (χ1) is 9.88. The van der Waals surface area contributed by atoms with Crippen LogP contribution in [0.2, 0.25) is 0 Å². The van der Waals surface area contributed by atoms with Crippen LogP contribution in [0.25, 0.3) is 21.6 Å². The third kappa shape index (κ3) is 2.66. The van der Waals surface area contributed by atoms with E-state index in [1.807, 2.05) is 25.2 Å². The molecular formula is C14H15N5S. The number of aryl methyl sites for hydroxylation is 1. The van der Waals surface area contributed by atoms with Crippen molar-refractivity contribution in [3.8, 4) is 10.6 Å². The molecule has 5 nitrogen and oxygen atoms in total. The first-order valence-electron chi connectivity index (χ1n) is 6.55. The van der Waals surface area contributed by atoms with Gasteiger partial charge >= 0.3 is 0 Å². The Labute approximate surface area is 121 Å². The van der Waals surface area contributed by atoms with Crippen LogP contribution >= 0.6 is 11.3 Å². The van der Waals surface area contributed by atoms with Gasteiger partial charge in [-0.25, -0.2) is 0 Å². The molecule has 0 amide bonds. The number of nitrogens with one attached hydrogen (secondary N) is 1. The Bertz CT molecular complexity index is 704. The monoisotopic (exact) mass is 285 g/mol. The maximum Gasteiger partial charge on any atom is 0.150 e. The predicted molar refractivity (Wildman–Crippen MR) is 80.7 cm³/mol. The molecule has 1 aromatic carbocycles. The SMILES string of the molecule is CNCCCc1nnc(-c2cccc3nccnc23)s1. The molecule has 6 heteroatoms. The molecule has 20 heavy (non-hydrogen) atoms. The van der Waals surface area contributed by atoms with Gasteiger partial charge in [-0.3, -0.25) is 9.97 Å². The third-order valence-corrected chi connectivity index (χ3v) is 4.03. The zero-order valence-electron chi connectivity index (χ0n) is 11.2. The first-order valence-corrected chi connectivity index (χ1v) is 7.37. The van der Waals surface area contributed by atoms with E-state index in [2.05, 4.69) is 25.5 Å². The molecule has 0 radical (unpaired) electrons. The molecule has 0 bridgehead atoms. The van der Waals surface area contributed by atoms with Crippen LogP contribution in [0.15, 0.2) is 30.6 Å². The summed E-state index contributed by atoms with van der Waals surface area (Å²) < 4.78 is 0. The van der Waals surface area contributed by atoms with Gasteiger partial charge in [0.25, 0.3) is 0 Å². The molecule has 0 saturated heterocycles. The number of hydrogen-bond acceptors (Lipinski definition) is 6. The van der Waals surface area contributed by atoms with Crippen LogP contribution in [0.3, 0.4) is 0 Å². The highest BCUT2D eigenvalue weighted by atomic mass is 32.1. The largest absolute Gasteiger partial charge is 0.320 e. The van der Waals surface area contributed by atoms with Crippen molar-refractivity contribution in [1.29, 1.82) is 0 Å². The van der Waals surface area contributed by atoms with Gasteiger partial charge in [-0.1, -0.05) is 17.4 Å². The summed E-state index contributed by atoms with van der Waals surface area (Å²) in [4.78, 5) is 8.73. The van der Waals surface area contributed by atoms with Crippen LogP contribution in [0.5, 0.6) is 0 Å². The van der Waals surface area contributed by atoms with Gasteiger partial charge in [0.15, 0.2) is 0 Å². The summed E-state index contributed by atoms with van der Waals surface area (Å²) in [6.45, 7) is 0.995. The van der Waals surface area contributed by atoms with Crippen molar-refractivity contribution in [2.45, 2.75) is 12.8 Å². The van der Waals surface area contributed by atoms with Crippen LogP contribution in [0.1, 0.15) is 11.4 Å². The lowest BCUT2D eigenvalue weighted by molar-refractivity contribution is 0.718. The van der Waals surface area contributed by atoms with Gasteiger partial charge in [-0.15, -0.1) is 10.2 Å². The van der Waals surface area contributed by atoms with Gasteiger partial charge in [0.1, 0.15) is 10.0 Å². The highest BCUT2D eigenvalue weighted by molar-refractivity contribution is 7.14. The summed E-state index contributed by atoms with van der Waals surface area (Å²) in [5, 5.41) is 13.7. The van der Waals surface area contributed by atoms with Crippen molar-refractivity contribution in [2.24, 2.45) is 0 Å². The second-order valence-corrected chi connectivity index (χ2v) is 5.50. The maximum atomic E-state index is 4.41. The molecule has 102 valence electrons. The van der Waals surface area contributed by atoms with Gasteiger partial charge in [-0.05, 0) is 32.1 Å². The Morgan fingerprint density at radius 2 is 2.05 bits per heavy atom. The first kappa shape index (κ1) is 13.1. The highest BCUT2D eigenvalue weighted by Crippen LogP contribution is 2.28. The van der Waals surface area contributed by atoms with Crippen LogP contribution in [-0.4, -0.2) is 33.8 Å². The zero-order chi connectivity index (χ0) is 13.8. The molecule has 3 aromatic rings. The molecule has 2 heterocycles. The van der Waals surface area contributed by atoms with Crippen molar-refractivity contribution in [3.05, 3.63) is 35.6 Å². The zero-order valence-corrected chi connectivity index (χ0v) is 12.0. The summed E-state index contributed by atoms with van der Waals surface area (Å²) in [5.41, 5.74) is 2.78. The molecule has 2 aromatic heterocycles. The van der Waals surface area contributed by atoms with Crippen molar-refractivity contribution in [1.82, 2.24) is 25.5 Å². The molecule has 0 saturated carbocycles. The second kappa shape index (κ2) is 6.02. The number of nitrogens with zero attached hydrogens (tertiary/aromatic N) is 4. The minimum atomic E-state index is 0.882. The molecule has 3 rings (SSSR count). The number of hydrogen-bond donors (Lipinski definition) is 1. The van der Waals surface area contributed by atoms with Gasteiger partial charge in [-0.2, -0.15) is 0 Å². The Morgan fingerprint density at radius 1 is 1.15 bits per heavy atom. The average Bonchev–Trinajstić information content (AvgIpc) is 2.96. The van der Waals surface area contributed by atoms with Gasteiger partial charge in [0.05, 0.1) is 11.0 Å². The number of fused-ring (bicyclic) bond motifs is 1. The highest BCUT2D eigenvalue weighted by Gasteiger charge is 2.10. The lowest BCUT2D eigenvalue weighted by Crippen LogP contribution is -2.08.